The molecule has 3 nitrogen and oxygen atoms in total. The number of methoxy groups -OCH3 is 2. The second-order valence-corrected chi connectivity index (χ2v) is 4.91. The Morgan fingerprint density at radius 1 is 0.857 bits per heavy atom. The van der Waals surface area contributed by atoms with E-state index in [4.69, 9.17) is 9.47 Å². The lowest BCUT2D eigenvalue weighted by atomic mass is 10.1. The van der Waals surface area contributed by atoms with Crippen molar-refractivity contribution in [3.05, 3.63) is 66.4 Å². The van der Waals surface area contributed by atoms with Crippen LogP contribution in [-0.2, 0) is 6.54 Å². The van der Waals surface area contributed by atoms with Gasteiger partial charge >= 0.3 is 0 Å². The predicted octanol–water partition coefficient (Wildman–Crippen LogP) is 3.19. The van der Waals surface area contributed by atoms with Crippen LogP contribution >= 0.6 is 0 Å². The van der Waals surface area contributed by atoms with E-state index in [0.29, 0.717) is 0 Å². The van der Waals surface area contributed by atoms with E-state index in [1.54, 1.807) is 14.2 Å². The summed E-state index contributed by atoms with van der Waals surface area (Å²) in [6.07, 6.45) is 2.10. The Bertz CT molecular complexity index is 751. The van der Waals surface area contributed by atoms with E-state index in [1.165, 1.54) is 16.5 Å². The molecule has 0 bridgehead atoms. The van der Waals surface area contributed by atoms with Gasteiger partial charge < -0.3 is 9.47 Å². The summed E-state index contributed by atoms with van der Waals surface area (Å²) in [6.45, 7) is 0.827. The first-order valence-electron chi connectivity index (χ1n) is 6.89. The molecule has 3 aromatic rings. The highest BCUT2D eigenvalue weighted by molar-refractivity contribution is 5.77. The Morgan fingerprint density at radius 3 is 2.29 bits per heavy atom. The van der Waals surface area contributed by atoms with Gasteiger partial charge in [-0.25, -0.2) is 0 Å². The third kappa shape index (κ3) is 2.82. The normalized spacial score (nSPS) is 10.6. The van der Waals surface area contributed by atoms with Crippen molar-refractivity contribution in [3.8, 4) is 11.5 Å². The number of benzene rings is 2. The average Bonchev–Trinajstić information content (AvgIpc) is 2.55. The van der Waals surface area contributed by atoms with Crippen LogP contribution in [0.1, 0.15) is 5.56 Å². The monoisotopic (exact) mass is 280 g/mol. The molecule has 0 fully saturated rings. The number of hydrogen-bond acceptors (Lipinski definition) is 2. The first-order chi connectivity index (χ1) is 10.3. The minimum absolute atomic E-state index is 0.827. The highest BCUT2D eigenvalue weighted by Gasteiger charge is 2.10. The zero-order chi connectivity index (χ0) is 14.7. The molecular formula is C18H18NO2+. The molecule has 0 amide bonds. The number of nitrogens with zero attached hydrogens (tertiary/aromatic N) is 1. The fourth-order valence-corrected chi connectivity index (χ4v) is 2.45. The Kier molecular flexibility index (Phi) is 3.73. The molecule has 2 aromatic carbocycles. The predicted molar refractivity (Wildman–Crippen MR) is 82.8 cm³/mol. The van der Waals surface area contributed by atoms with Crippen molar-refractivity contribution in [2.75, 3.05) is 14.2 Å². The van der Waals surface area contributed by atoms with Gasteiger partial charge in [-0.1, -0.05) is 0 Å². The summed E-state index contributed by atoms with van der Waals surface area (Å²) >= 11 is 0. The molecule has 0 atom stereocenters. The molecule has 1 heterocycles. The maximum Gasteiger partial charge on any atom is 0.213 e. The molecule has 0 aliphatic carbocycles. The highest BCUT2D eigenvalue weighted by atomic mass is 16.5. The molecule has 21 heavy (non-hydrogen) atoms. The van der Waals surface area contributed by atoms with Crippen molar-refractivity contribution in [3.63, 3.8) is 0 Å². The standard InChI is InChI=1S/C18H18NO2/c1-20-16-7-5-14(6-8-16)13-19-11-3-4-15-12-17(21-2)9-10-18(15)19/h3-12H,13H2,1-2H3/q+1. The van der Waals surface area contributed by atoms with Gasteiger partial charge in [0.1, 0.15) is 11.5 Å². The van der Waals surface area contributed by atoms with Crippen molar-refractivity contribution in [2.24, 2.45) is 0 Å². The molecule has 0 aliphatic rings. The molecule has 0 aliphatic heterocycles. The fourth-order valence-electron chi connectivity index (χ4n) is 2.45. The third-order valence-corrected chi connectivity index (χ3v) is 3.60. The zero-order valence-corrected chi connectivity index (χ0v) is 12.2. The Morgan fingerprint density at radius 2 is 1.57 bits per heavy atom. The summed E-state index contributed by atoms with van der Waals surface area (Å²) in [4.78, 5) is 0. The second-order valence-electron chi connectivity index (χ2n) is 4.91. The fraction of sp³-hybridized carbons (Fsp3) is 0.167. The number of hydrogen-bond donors (Lipinski definition) is 0. The van der Waals surface area contributed by atoms with Gasteiger partial charge in [0.15, 0.2) is 12.7 Å². The van der Waals surface area contributed by atoms with Crippen molar-refractivity contribution in [1.29, 1.82) is 0 Å². The van der Waals surface area contributed by atoms with Gasteiger partial charge in [-0.15, -0.1) is 0 Å². The average molecular weight is 280 g/mol. The van der Waals surface area contributed by atoms with Gasteiger partial charge in [-0.05, 0) is 42.5 Å². The molecule has 1 aromatic heterocycles. The lowest BCUT2D eigenvalue weighted by Gasteiger charge is -2.05. The summed E-state index contributed by atoms with van der Waals surface area (Å²) < 4.78 is 12.7. The van der Waals surface area contributed by atoms with E-state index in [2.05, 4.69) is 47.2 Å². The van der Waals surface area contributed by atoms with Crippen LogP contribution in [0.5, 0.6) is 11.5 Å². The molecule has 0 saturated heterocycles. The maximum atomic E-state index is 5.28. The van der Waals surface area contributed by atoms with E-state index >= 15 is 0 Å². The maximum absolute atomic E-state index is 5.28. The van der Waals surface area contributed by atoms with E-state index in [9.17, 15) is 0 Å². The van der Waals surface area contributed by atoms with E-state index < -0.39 is 0 Å². The summed E-state index contributed by atoms with van der Waals surface area (Å²) in [5, 5.41) is 1.17. The van der Waals surface area contributed by atoms with Crippen LogP contribution in [0.3, 0.4) is 0 Å². The number of fused-ring (bicyclic) bond motifs is 1. The molecule has 3 rings (SSSR count). The van der Waals surface area contributed by atoms with Crippen LogP contribution < -0.4 is 14.0 Å². The summed E-state index contributed by atoms with van der Waals surface area (Å²) in [5.74, 6) is 1.76. The third-order valence-electron chi connectivity index (χ3n) is 3.60. The lowest BCUT2D eigenvalue weighted by molar-refractivity contribution is -0.662. The van der Waals surface area contributed by atoms with Crippen LogP contribution in [0.25, 0.3) is 10.9 Å². The van der Waals surface area contributed by atoms with Crippen LogP contribution in [0.2, 0.25) is 0 Å². The van der Waals surface area contributed by atoms with Gasteiger partial charge in [-0.3, -0.25) is 0 Å². The number of aromatic nitrogens is 1. The van der Waals surface area contributed by atoms with E-state index in [0.717, 1.165) is 18.0 Å². The number of ether oxygens (including phenoxy) is 2. The molecule has 0 radical (unpaired) electrons. The smallest absolute Gasteiger partial charge is 0.213 e. The second kappa shape index (κ2) is 5.83. The van der Waals surface area contributed by atoms with Gasteiger partial charge in [0, 0.05) is 17.7 Å². The molecule has 0 spiro atoms. The van der Waals surface area contributed by atoms with Crippen LogP contribution in [0, 0.1) is 0 Å². The topological polar surface area (TPSA) is 22.3 Å². The van der Waals surface area contributed by atoms with E-state index in [-0.39, 0.29) is 0 Å². The quantitative estimate of drug-likeness (QED) is 0.685. The Labute approximate surface area is 124 Å². The van der Waals surface area contributed by atoms with Gasteiger partial charge in [0.05, 0.1) is 19.6 Å². The first-order valence-corrected chi connectivity index (χ1v) is 6.89. The van der Waals surface area contributed by atoms with Crippen molar-refractivity contribution >= 4 is 10.9 Å². The zero-order valence-electron chi connectivity index (χ0n) is 12.2. The first kappa shape index (κ1) is 13.4. The molecular weight excluding hydrogens is 262 g/mol. The molecule has 0 saturated carbocycles. The van der Waals surface area contributed by atoms with Crippen LogP contribution in [-0.4, -0.2) is 14.2 Å². The SMILES string of the molecule is COc1ccc(C[n+]2cccc3cc(OC)ccc32)cc1. The van der Waals surface area contributed by atoms with Gasteiger partial charge in [0.25, 0.3) is 0 Å². The van der Waals surface area contributed by atoms with Gasteiger partial charge in [-0.2, -0.15) is 4.57 Å². The van der Waals surface area contributed by atoms with Crippen molar-refractivity contribution < 1.29 is 14.0 Å². The molecule has 0 N–H and O–H groups in total. The largest absolute Gasteiger partial charge is 0.497 e. The minimum Gasteiger partial charge on any atom is -0.497 e. The van der Waals surface area contributed by atoms with Crippen LogP contribution in [0.4, 0.5) is 0 Å². The molecule has 106 valence electrons. The van der Waals surface area contributed by atoms with E-state index in [1.807, 2.05) is 18.2 Å². The van der Waals surface area contributed by atoms with Crippen LogP contribution in [0.15, 0.2) is 60.8 Å². The van der Waals surface area contributed by atoms with Crippen molar-refractivity contribution in [2.45, 2.75) is 6.54 Å². The minimum atomic E-state index is 0.827. The Hall–Kier alpha value is -2.55. The number of pyridine rings is 1. The van der Waals surface area contributed by atoms with Crippen molar-refractivity contribution in [1.82, 2.24) is 0 Å². The summed E-state index contributed by atoms with van der Waals surface area (Å²) in [5.41, 5.74) is 2.43. The summed E-state index contributed by atoms with van der Waals surface area (Å²) in [6, 6.07) is 18.5. The highest BCUT2D eigenvalue weighted by Crippen LogP contribution is 2.18. The Balaban J connectivity index is 1.95. The summed E-state index contributed by atoms with van der Waals surface area (Å²) in [7, 11) is 3.37. The van der Waals surface area contributed by atoms with Gasteiger partial charge in [0.2, 0.25) is 5.52 Å². The number of rotatable bonds is 4. The molecule has 3 heteroatoms. The molecule has 0 unspecified atom stereocenters. The lowest BCUT2D eigenvalue weighted by Crippen LogP contribution is -2.34.